The third kappa shape index (κ3) is 6.22. The maximum atomic E-state index is 12.4. The Morgan fingerprint density at radius 1 is 1.10 bits per heavy atom. The summed E-state index contributed by atoms with van der Waals surface area (Å²) in [6, 6.07) is 11.5. The smallest absolute Gasteiger partial charge is 0.338 e. The standard InChI is InChI=1S/C26H34O3/c1-7-8-9-12-19(3)25(28)29-23-14-11-10-13-20(23)17-21-15-18(2)16-22(24(21)27)26(4,5)6/h10-11,13-16,27H,3,7-9,12,17H2,1-2,4-6H3. The van der Waals surface area contributed by atoms with Gasteiger partial charge in [0.15, 0.2) is 0 Å². The van der Waals surface area contributed by atoms with Gasteiger partial charge >= 0.3 is 5.97 Å². The number of carbonyl (C=O) groups is 1. The number of benzene rings is 2. The molecule has 0 aliphatic carbocycles. The lowest BCUT2D eigenvalue weighted by Gasteiger charge is -2.23. The zero-order valence-electron chi connectivity index (χ0n) is 18.5. The molecule has 0 atom stereocenters. The summed E-state index contributed by atoms with van der Waals surface area (Å²) < 4.78 is 5.66. The van der Waals surface area contributed by atoms with E-state index in [1.165, 1.54) is 0 Å². The number of aromatic hydroxyl groups is 1. The third-order valence-corrected chi connectivity index (χ3v) is 5.07. The quantitative estimate of drug-likeness (QED) is 0.236. The van der Waals surface area contributed by atoms with E-state index in [2.05, 4.69) is 34.3 Å². The van der Waals surface area contributed by atoms with Crippen LogP contribution in [0, 0.1) is 6.92 Å². The molecule has 0 aliphatic heterocycles. The van der Waals surface area contributed by atoms with Crippen LogP contribution in [0.4, 0.5) is 0 Å². The summed E-state index contributed by atoms with van der Waals surface area (Å²) in [5.41, 5.74) is 4.06. The minimum Gasteiger partial charge on any atom is -0.507 e. The first-order valence-electron chi connectivity index (χ1n) is 10.4. The molecule has 0 bridgehead atoms. The molecule has 0 saturated carbocycles. The van der Waals surface area contributed by atoms with E-state index in [1.807, 2.05) is 37.3 Å². The highest BCUT2D eigenvalue weighted by molar-refractivity contribution is 5.89. The molecule has 0 radical (unpaired) electrons. The number of hydrogen-bond acceptors (Lipinski definition) is 3. The minimum atomic E-state index is -0.377. The van der Waals surface area contributed by atoms with Crippen molar-refractivity contribution in [3.8, 4) is 11.5 Å². The average molecular weight is 395 g/mol. The van der Waals surface area contributed by atoms with Crippen LogP contribution in [0.3, 0.4) is 0 Å². The van der Waals surface area contributed by atoms with Crippen molar-refractivity contribution in [3.05, 3.63) is 70.8 Å². The second-order valence-corrected chi connectivity index (χ2v) is 8.80. The lowest BCUT2D eigenvalue weighted by Crippen LogP contribution is -2.13. The second kappa shape index (κ2) is 9.78. The maximum Gasteiger partial charge on any atom is 0.338 e. The molecule has 3 heteroatoms. The molecule has 0 aromatic heterocycles. The van der Waals surface area contributed by atoms with Crippen LogP contribution >= 0.6 is 0 Å². The van der Waals surface area contributed by atoms with Crippen LogP contribution < -0.4 is 4.74 Å². The SMILES string of the molecule is C=C(CCCCC)C(=O)Oc1ccccc1Cc1cc(C)cc(C(C)(C)C)c1O. The molecule has 0 aliphatic rings. The highest BCUT2D eigenvalue weighted by Gasteiger charge is 2.21. The fourth-order valence-corrected chi connectivity index (χ4v) is 3.38. The molecule has 2 aromatic rings. The van der Waals surface area contributed by atoms with Crippen LogP contribution in [0.5, 0.6) is 11.5 Å². The first kappa shape index (κ1) is 22.7. The second-order valence-electron chi connectivity index (χ2n) is 8.80. The number of para-hydroxylation sites is 1. The van der Waals surface area contributed by atoms with Crippen molar-refractivity contribution in [2.24, 2.45) is 0 Å². The summed E-state index contributed by atoms with van der Waals surface area (Å²) in [4.78, 5) is 12.4. The van der Waals surface area contributed by atoms with Crippen LogP contribution in [-0.4, -0.2) is 11.1 Å². The molecule has 1 N–H and O–H groups in total. The van der Waals surface area contributed by atoms with Crippen molar-refractivity contribution >= 4 is 5.97 Å². The molecule has 0 unspecified atom stereocenters. The van der Waals surface area contributed by atoms with Crippen LogP contribution in [0.2, 0.25) is 0 Å². The fourth-order valence-electron chi connectivity index (χ4n) is 3.38. The van der Waals surface area contributed by atoms with Gasteiger partial charge in [0.05, 0.1) is 0 Å². The van der Waals surface area contributed by atoms with E-state index < -0.39 is 0 Å². The summed E-state index contributed by atoms with van der Waals surface area (Å²) in [6.45, 7) is 14.3. The fraction of sp³-hybridized carbons (Fsp3) is 0.423. The van der Waals surface area contributed by atoms with E-state index in [4.69, 9.17) is 4.74 Å². The molecule has 3 nitrogen and oxygen atoms in total. The number of unbranched alkanes of at least 4 members (excludes halogenated alkanes) is 2. The number of carbonyl (C=O) groups excluding carboxylic acids is 1. The number of rotatable bonds is 8. The summed E-state index contributed by atoms with van der Waals surface area (Å²) in [7, 11) is 0. The Balaban J connectivity index is 2.25. The van der Waals surface area contributed by atoms with Crippen molar-refractivity contribution in [1.82, 2.24) is 0 Å². The van der Waals surface area contributed by atoms with E-state index >= 15 is 0 Å². The molecule has 0 spiro atoms. The van der Waals surface area contributed by atoms with Gasteiger partial charge in [0.1, 0.15) is 11.5 Å². The average Bonchev–Trinajstić information content (AvgIpc) is 2.65. The van der Waals surface area contributed by atoms with Gasteiger partial charge in [-0.15, -0.1) is 0 Å². The molecule has 0 saturated heterocycles. The Kier molecular flexibility index (Phi) is 7.66. The van der Waals surface area contributed by atoms with Gasteiger partial charge in [0.2, 0.25) is 0 Å². The number of esters is 1. The number of hydrogen-bond donors (Lipinski definition) is 1. The number of ether oxygens (including phenoxy) is 1. The Morgan fingerprint density at radius 3 is 2.45 bits per heavy atom. The van der Waals surface area contributed by atoms with Gasteiger partial charge in [-0.05, 0) is 47.9 Å². The topological polar surface area (TPSA) is 46.5 Å². The van der Waals surface area contributed by atoms with E-state index in [0.717, 1.165) is 41.5 Å². The summed E-state index contributed by atoms with van der Waals surface area (Å²) in [5.74, 6) is 0.456. The van der Waals surface area contributed by atoms with Crippen LogP contribution in [-0.2, 0) is 16.6 Å². The molecule has 2 aromatic carbocycles. The Labute approximate surface area is 175 Å². The zero-order valence-corrected chi connectivity index (χ0v) is 18.5. The minimum absolute atomic E-state index is 0.160. The predicted molar refractivity (Wildman–Crippen MR) is 120 cm³/mol. The summed E-state index contributed by atoms with van der Waals surface area (Å²) in [5, 5.41) is 10.9. The van der Waals surface area contributed by atoms with Gasteiger partial charge in [-0.3, -0.25) is 0 Å². The molecule has 0 amide bonds. The Hall–Kier alpha value is -2.55. The maximum absolute atomic E-state index is 12.4. The van der Waals surface area contributed by atoms with E-state index in [1.54, 1.807) is 6.07 Å². The molecular formula is C26H34O3. The van der Waals surface area contributed by atoms with Crippen LogP contribution in [0.1, 0.15) is 75.6 Å². The van der Waals surface area contributed by atoms with Gasteiger partial charge in [-0.25, -0.2) is 4.79 Å². The molecule has 2 rings (SSSR count). The van der Waals surface area contributed by atoms with E-state index in [-0.39, 0.29) is 11.4 Å². The number of phenolic OH excluding ortho intramolecular Hbond substituents is 1. The first-order valence-corrected chi connectivity index (χ1v) is 10.4. The van der Waals surface area contributed by atoms with Crippen molar-refractivity contribution in [3.63, 3.8) is 0 Å². The van der Waals surface area contributed by atoms with Crippen LogP contribution in [0.25, 0.3) is 0 Å². The van der Waals surface area contributed by atoms with Gasteiger partial charge in [-0.2, -0.15) is 0 Å². The molecule has 29 heavy (non-hydrogen) atoms. The van der Waals surface area contributed by atoms with Gasteiger partial charge in [-0.1, -0.05) is 83.0 Å². The lowest BCUT2D eigenvalue weighted by atomic mass is 9.83. The first-order chi connectivity index (χ1) is 13.6. The number of phenols is 1. The van der Waals surface area contributed by atoms with Crippen LogP contribution in [0.15, 0.2) is 48.6 Å². The van der Waals surface area contributed by atoms with Crippen molar-refractivity contribution in [2.45, 2.75) is 72.1 Å². The highest BCUT2D eigenvalue weighted by atomic mass is 16.5. The lowest BCUT2D eigenvalue weighted by molar-refractivity contribution is -0.130. The highest BCUT2D eigenvalue weighted by Crippen LogP contribution is 2.36. The summed E-state index contributed by atoms with van der Waals surface area (Å²) >= 11 is 0. The number of aryl methyl sites for hydroxylation is 1. The van der Waals surface area contributed by atoms with E-state index in [9.17, 15) is 9.90 Å². The third-order valence-electron chi connectivity index (χ3n) is 5.07. The Bertz CT molecular complexity index is 872. The normalized spacial score (nSPS) is 11.3. The zero-order chi connectivity index (χ0) is 21.6. The molecular weight excluding hydrogens is 360 g/mol. The summed E-state index contributed by atoms with van der Waals surface area (Å²) in [6.07, 6.45) is 4.26. The molecule has 156 valence electrons. The van der Waals surface area contributed by atoms with Crippen molar-refractivity contribution in [1.29, 1.82) is 0 Å². The van der Waals surface area contributed by atoms with Crippen molar-refractivity contribution in [2.75, 3.05) is 0 Å². The largest absolute Gasteiger partial charge is 0.507 e. The Morgan fingerprint density at radius 2 is 1.79 bits per heavy atom. The van der Waals surface area contributed by atoms with Gasteiger partial charge in [0.25, 0.3) is 0 Å². The van der Waals surface area contributed by atoms with E-state index in [0.29, 0.717) is 29.9 Å². The molecule has 0 heterocycles. The van der Waals surface area contributed by atoms with Gasteiger partial charge < -0.3 is 9.84 Å². The molecule has 0 fully saturated rings. The van der Waals surface area contributed by atoms with Crippen molar-refractivity contribution < 1.29 is 14.6 Å². The predicted octanol–water partition coefficient (Wildman–Crippen LogP) is 6.63. The monoisotopic (exact) mass is 394 g/mol. The van der Waals surface area contributed by atoms with Gasteiger partial charge in [0, 0.05) is 12.0 Å².